The fourth-order valence-corrected chi connectivity index (χ4v) is 1.90. The monoisotopic (exact) mass is 240 g/mol. The molecule has 0 N–H and O–H groups in total. The molecule has 0 saturated carbocycles. The van der Waals surface area contributed by atoms with E-state index in [1.165, 1.54) is 5.56 Å². The summed E-state index contributed by atoms with van der Waals surface area (Å²) in [4.78, 5) is 19.3. The third-order valence-electron chi connectivity index (χ3n) is 2.77. The van der Waals surface area contributed by atoms with Gasteiger partial charge in [0.1, 0.15) is 5.69 Å². The molecule has 18 heavy (non-hydrogen) atoms. The first-order valence-electron chi connectivity index (χ1n) is 5.90. The molecular weight excluding hydrogens is 224 g/mol. The zero-order chi connectivity index (χ0) is 13.2. The van der Waals surface area contributed by atoms with Crippen LogP contribution < -0.4 is 0 Å². The Hall–Kier alpha value is -2.03. The molecule has 0 atom stereocenters. The molecule has 0 saturated heterocycles. The third kappa shape index (κ3) is 2.45. The summed E-state index contributed by atoms with van der Waals surface area (Å²) in [5.41, 5.74) is 2.57. The standard InChI is InChI=1S/C15H16N2O/c1-15(2,3)13-7-5-4-6-12(13)14-16-9-8-11(10-18)17-14/h4-10H,1-3H3. The number of nitrogens with zero attached hydrogens (tertiary/aromatic N) is 2. The first-order valence-corrected chi connectivity index (χ1v) is 5.90. The normalized spacial score (nSPS) is 11.3. The second-order valence-corrected chi connectivity index (χ2v) is 5.22. The number of benzene rings is 1. The first-order chi connectivity index (χ1) is 8.52. The Morgan fingerprint density at radius 1 is 1.11 bits per heavy atom. The van der Waals surface area contributed by atoms with Crippen molar-refractivity contribution in [2.24, 2.45) is 0 Å². The van der Waals surface area contributed by atoms with Gasteiger partial charge >= 0.3 is 0 Å². The van der Waals surface area contributed by atoms with Crippen LogP contribution in [0.1, 0.15) is 36.8 Å². The summed E-state index contributed by atoms with van der Waals surface area (Å²) in [6.07, 6.45) is 2.36. The Bertz CT molecular complexity index is 571. The molecule has 1 heterocycles. The van der Waals surface area contributed by atoms with Crippen molar-refractivity contribution in [2.75, 3.05) is 0 Å². The average molecular weight is 240 g/mol. The van der Waals surface area contributed by atoms with Gasteiger partial charge in [-0.25, -0.2) is 9.97 Å². The Balaban J connectivity index is 2.60. The number of aldehydes is 1. The van der Waals surface area contributed by atoms with E-state index >= 15 is 0 Å². The van der Waals surface area contributed by atoms with Gasteiger partial charge in [-0.3, -0.25) is 4.79 Å². The lowest BCUT2D eigenvalue weighted by atomic mass is 9.83. The quantitative estimate of drug-likeness (QED) is 0.757. The van der Waals surface area contributed by atoms with E-state index in [-0.39, 0.29) is 5.41 Å². The zero-order valence-corrected chi connectivity index (χ0v) is 10.8. The summed E-state index contributed by atoms with van der Waals surface area (Å²) in [5.74, 6) is 0.602. The van der Waals surface area contributed by atoms with Crippen LogP contribution in [-0.2, 0) is 5.41 Å². The number of hydrogen-bond acceptors (Lipinski definition) is 3. The fraction of sp³-hybridized carbons (Fsp3) is 0.267. The molecular formula is C15H16N2O. The first kappa shape index (κ1) is 12.4. The van der Waals surface area contributed by atoms with Crippen molar-refractivity contribution in [1.82, 2.24) is 9.97 Å². The molecule has 0 radical (unpaired) electrons. The van der Waals surface area contributed by atoms with Crippen LogP contribution in [0, 0.1) is 0 Å². The molecule has 0 unspecified atom stereocenters. The van der Waals surface area contributed by atoms with Gasteiger partial charge in [-0.15, -0.1) is 0 Å². The van der Waals surface area contributed by atoms with Crippen molar-refractivity contribution in [1.29, 1.82) is 0 Å². The van der Waals surface area contributed by atoms with E-state index in [0.717, 1.165) is 11.8 Å². The van der Waals surface area contributed by atoms with Crippen molar-refractivity contribution in [2.45, 2.75) is 26.2 Å². The second kappa shape index (κ2) is 4.69. The van der Waals surface area contributed by atoms with Gasteiger partial charge in [-0.05, 0) is 17.0 Å². The van der Waals surface area contributed by atoms with Gasteiger partial charge < -0.3 is 0 Å². The molecule has 0 aliphatic rings. The van der Waals surface area contributed by atoms with Crippen molar-refractivity contribution in [3.8, 4) is 11.4 Å². The van der Waals surface area contributed by atoms with E-state index in [0.29, 0.717) is 11.5 Å². The van der Waals surface area contributed by atoms with E-state index in [4.69, 9.17) is 0 Å². The van der Waals surface area contributed by atoms with Crippen molar-refractivity contribution in [3.05, 3.63) is 47.8 Å². The summed E-state index contributed by atoms with van der Waals surface area (Å²) in [5, 5.41) is 0. The SMILES string of the molecule is CC(C)(C)c1ccccc1-c1nccc(C=O)n1. The average Bonchev–Trinajstić information content (AvgIpc) is 2.38. The van der Waals surface area contributed by atoms with E-state index in [1.54, 1.807) is 12.3 Å². The Morgan fingerprint density at radius 3 is 2.50 bits per heavy atom. The molecule has 0 fully saturated rings. The van der Waals surface area contributed by atoms with E-state index in [9.17, 15) is 4.79 Å². The van der Waals surface area contributed by atoms with Crippen LogP contribution in [0.2, 0.25) is 0 Å². The molecule has 92 valence electrons. The van der Waals surface area contributed by atoms with Gasteiger partial charge in [0.25, 0.3) is 0 Å². The molecule has 1 aromatic heterocycles. The molecule has 3 nitrogen and oxygen atoms in total. The lowest BCUT2D eigenvalue weighted by Crippen LogP contribution is -2.13. The molecule has 2 rings (SSSR count). The maximum absolute atomic E-state index is 10.8. The lowest BCUT2D eigenvalue weighted by Gasteiger charge is -2.22. The predicted octanol–water partition coefficient (Wildman–Crippen LogP) is 3.25. The number of aromatic nitrogens is 2. The van der Waals surface area contributed by atoms with Gasteiger partial charge in [0.2, 0.25) is 0 Å². The molecule has 3 heteroatoms. The summed E-state index contributed by atoms with van der Waals surface area (Å²) < 4.78 is 0. The molecule has 0 aliphatic heterocycles. The number of carbonyl (C=O) groups excluding carboxylic acids is 1. The van der Waals surface area contributed by atoms with Crippen molar-refractivity contribution >= 4 is 6.29 Å². The second-order valence-electron chi connectivity index (χ2n) is 5.22. The minimum Gasteiger partial charge on any atom is -0.296 e. The van der Waals surface area contributed by atoms with Gasteiger partial charge in [0.15, 0.2) is 12.1 Å². The molecule has 0 aliphatic carbocycles. The van der Waals surface area contributed by atoms with Gasteiger partial charge in [-0.2, -0.15) is 0 Å². The van der Waals surface area contributed by atoms with Gasteiger partial charge in [0, 0.05) is 11.8 Å². The van der Waals surface area contributed by atoms with Gasteiger partial charge in [-0.1, -0.05) is 45.0 Å². The highest BCUT2D eigenvalue weighted by atomic mass is 16.1. The number of hydrogen-bond donors (Lipinski definition) is 0. The maximum Gasteiger partial charge on any atom is 0.168 e. The van der Waals surface area contributed by atoms with Crippen LogP contribution in [0.25, 0.3) is 11.4 Å². The van der Waals surface area contributed by atoms with Crippen LogP contribution in [-0.4, -0.2) is 16.3 Å². The van der Waals surface area contributed by atoms with E-state index < -0.39 is 0 Å². The smallest absolute Gasteiger partial charge is 0.168 e. The predicted molar refractivity (Wildman–Crippen MR) is 71.6 cm³/mol. The summed E-state index contributed by atoms with van der Waals surface area (Å²) >= 11 is 0. The largest absolute Gasteiger partial charge is 0.296 e. The summed E-state index contributed by atoms with van der Waals surface area (Å²) in [7, 11) is 0. The topological polar surface area (TPSA) is 42.9 Å². The molecule has 2 aromatic rings. The van der Waals surface area contributed by atoms with Gasteiger partial charge in [0.05, 0.1) is 0 Å². The zero-order valence-electron chi connectivity index (χ0n) is 10.8. The Labute approximate surface area is 107 Å². The lowest BCUT2D eigenvalue weighted by molar-refractivity contribution is 0.111. The van der Waals surface area contributed by atoms with Crippen LogP contribution >= 0.6 is 0 Å². The van der Waals surface area contributed by atoms with Crippen molar-refractivity contribution in [3.63, 3.8) is 0 Å². The Morgan fingerprint density at radius 2 is 1.83 bits per heavy atom. The number of rotatable bonds is 2. The molecule has 0 amide bonds. The van der Waals surface area contributed by atoms with Crippen molar-refractivity contribution < 1.29 is 4.79 Å². The number of carbonyl (C=O) groups is 1. The highest BCUT2D eigenvalue weighted by Crippen LogP contribution is 2.30. The minimum atomic E-state index is 0.0110. The molecule has 1 aromatic carbocycles. The summed E-state index contributed by atoms with van der Waals surface area (Å²) in [6.45, 7) is 6.44. The Kier molecular flexibility index (Phi) is 3.24. The summed E-state index contributed by atoms with van der Waals surface area (Å²) in [6, 6.07) is 9.64. The van der Waals surface area contributed by atoms with E-state index in [1.807, 2.05) is 18.2 Å². The molecule has 0 spiro atoms. The third-order valence-corrected chi connectivity index (χ3v) is 2.77. The van der Waals surface area contributed by atoms with Crippen LogP contribution in [0.3, 0.4) is 0 Å². The minimum absolute atomic E-state index is 0.0110. The highest BCUT2D eigenvalue weighted by Gasteiger charge is 2.19. The highest BCUT2D eigenvalue weighted by molar-refractivity contribution is 5.73. The molecule has 0 bridgehead atoms. The van der Waals surface area contributed by atoms with Crippen LogP contribution in [0.4, 0.5) is 0 Å². The van der Waals surface area contributed by atoms with E-state index in [2.05, 4.69) is 36.8 Å². The van der Waals surface area contributed by atoms with Crippen LogP contribution in [0.15, 0.2) is 36.5 Å². The fourth-order valence-electron chi connectivity index (χ4n) is 1.90. The van der Waals surface area contributed by atoms with Crippen LogP contribution in [0.5, 0.6) is 0 Å². The maximum atomic E-state index is 10.8.